The van der Waals surface area contributed by atoms with Crippen molar-refractivity contribution in [2.45, 2.75) is 30.8 Å². The summed E-state index contributed by atoms with van der Waals surface area (Å²) in [6, 6.07) is -0.425. The first-order chi connectivity index (χ1) is 9.94. The van der Waals surface area contributed by atoms with Gasteiger partial charge in [-0.05, 0) is 13.3 Å². The minimum atomic E-state index is -3.95. The Hall–Kier alpha value is -1.94. The molecule has 1 aromatic heterocycles. The monoisotopic (exact) mass is 316 g/mol. The van der Waals surface area contributed by atoms with Gasteiger partial charge in [-0.3, -0.25) is 9.89 Å². The highest BCUT2D eigenvalue weighted by atomic mass is 32.2. The number of sulfonamides is 1. The molecule has 1 aliphatic rings. The van der Waals surface area contributed by atoms with Crippen LogP contribution in [0.15, 0.2) is 11.2 Å². The summed E-state index contributed by atoms with van der Waals surface area (Å²) in [4.78, 5) is 22.7. The van der Waals surface area contributed by atoms with Gasteiger partial charge in [0.1, 0.15) is 5.56 Å². The maximum atomic E-state index is 12.3. The molecule has 0 radical (unpaired) electrons. The van der Waals surface area contributed by atoms with Crippen LogP contribution in [0.2, 0.25) is 0 Å². The Balaban J connectivity index is 2.15. The third-order valence-electron chi connectivity index (χ3n) is 2.96. The zero-order valence-electron chi connectivity index (χ0n) is 11.4. The molecular weight excluding hydrogens is 300 g/mol. The fourth-order valence-corrected chi connectivity index (χ4v) is 3.30. The van der Waals surface area contributed by atoms with Crippen molar-refractivity contribution in [2.24, 2.45) is 0 Å². The molecule has 21 heavy (non-hydrogen) atoms. The van der Waals surface area contributed by atoms with E-state index >= 15 is 0 Å². The number of piperidine rings is 1. The number of ether oxygens (including phenoxy) is 1. The number of hydrogen-bond donors (Lipinski definition) is 3. The van der Waals surface area contributed by atoms with Crippen molar-refractivity contribution >= 4 is 21.9 Å². The number of aromatic nitrogens is 2. The molecule has 1 aromatic rings. The van der Waals surface area contributed by atoms with Gasteiger partial charge in [0.15, 0.2) is 5.03 Å². The lowest BCUT2D eigenvalue weighted by atomic mass is 10.1. The first kappa shape index (κ1) is 15.4. The molecular formula is C11H16N4O5S. The molecule has 1 unspecified atom stereocenters. The van der Waals surface area contributed by atoms with Crippen molar-refractivity contribution in [3.8, 4) is 0 Å². The van der Waals surface area contributed by atoms with Gasteiger partial charge in [0.25, 0.3) is 10.0 Å². The van der Waals surface area contributed by atoms with Crippen LogP contribution >= 0.6 is 0 Å². The second-order valence-corrected chi connectivity index (χ2v) is 6.15. The molecule has 0 aromatic carbocycles. The fourth-order valence-electron chi connectivity index (χ4n) is 1.95. The summed E-state index contributed by atoms with van der Waals surface area (Å²) in [5.74, 6) is -0.872. The third-order valence-corrected chi connectivity index (χ3v) is 4.45. The Morgan fingerprint density at radius 3 is 2.95 bits per heavy atom. The lowest BCUT2D eigenvalue weighted by molar-refractivity contribution is -0.122. The van der Waals surface area contributed by atoms with Crippen LogP contribution in [0.5, 0.6) is 0 Å². The Morgan fingerprint density at radius 2 is 2.33 bits per heavy atom. The molecule has 0 spiro atoms. The average Bonchev–Trinajstić information content (AvgIpc) is 2.92. The highest BCUT2D eigenvalue weighted by Gasteiger charge is 2.29. The number of amides is 1. The Morgan fingerprint density at radius 1 is 1.57 bits per heavy atom. The van der Waals surface area contributed by atoms with E-state index in [4.69, 9.17) is 4.74 Å². The van der Waals surface area contributed by atoms with Crippen LogP contribution in [0, 0.1) is 0 Å². The first-order valence-corrected chi connectivity index (χ1v) is 7.92. The minimum Gasteiger partial charge on any atom is -0.462 e. The molecule has 116 valence electrons. The minimum absolute atomic E-state index is 0.112. The van der Waals surface area contributed by atoms with Crippen molar-refractivity contribution in [1.29, 1.82) is 0 Å². The Labute approximate surface area is 121 Å². The topological polar surface area (TPSA) is 130 Å². The van der Waals surface area contributed by atoms with Crippen LogP contribution in [0.25, 0.3) is 0 Å². The van der Waals surface area contributed by atoms with E-state index in [9.17, 15) is 18.0 Å². The zero-order valence-corrected chi connectivity index (χ0v) is 12.2. The van der Waals surface area contributed by atoms with Crippen molar-refractivity contribution < 1.29 is 22.7 Å². The van der Waals surface area contributed by atoms with Gasteiger partial charge in [0, 0.05) is 19.0 Å². The van der Waals surface area contributed by atoms with E-state index in [-0.39, 0.29) is 36.1 Å². The maximum Gasteiger partial charge on any atom is 0.342 e. The van der Waals surface area contributed by atoms with Gasteiger partial charge in [-0.15, -0.1) is 0 Å². The van der Waals surface area contributed by atoms with Crippen LogP contribution in [0.1, 0.15) is 30.1 Å². The second kappa shape index (κ2) is 6.22. The van der Waals surface area contributed by atoms with Crippen LogP contribution in [0.3, 0.4) is 0 Å². The Kier molecular flexibility index (Phi) is 4.58. The van der Waals surface area contributed by atoms with E-state index in [2.05, 4.69) is 20.2 Å². The van der Waals surface area contributed by atoms with Crippen LogP contribution < -0.4 is 10.0 Å². The van der Waals surface area contributed by atoms with E-state index in [1.54, 1.807) is 6.92 Å². The fraction of sp³-hybridized carbons (Fsp3) is 0.545. The SMILES string of the molecule is CCOC(=O)c1cn[nH]c1S(=O)(=O)NC1CCC(=O)NC1. The van der Waals surface area contributed by atoms with E-state index < -0.39 is 22.0 Å². The molecule has 1 saturated heterocycles. The molecule has 0 saturated carbocycles. The van der Waals surface area contributed by atoms with E-state index in [1.165, 1.54) is 0 Å². The molecule has 2 rings (SSSR count). The summed E-state index contributed by atoms with van der Waals surface area (Å²) in [6.07, 6.45) is 1.75. The summed E-state index contributed by atoms with van der Waals surface area (Å²) < 4.78 is 31.8. The molecule has 2 heterocycles. The number of H-pyrrole nitrogens is 1. The summed E-state index contributed by atoms with van der Waals surface area (Å²) in [6.45, 7) is 1.96. The molecule has 10 heteroatoms. The quantitative estimate of drug-likeness (QED) is 0.606. The van der Waals surface area contributed by atoms with Crippen LogP contribution in [-0.2, 0) is 19.6 Å². The normalized spacial score (nSPS) is 19.1. The first-order valence-electron chi connectivity index (χ1n) is 6.43. The number of hydrogen-bond acceptors (Lipinski definition) is 6. The highest BCUT2D eigenvalue weighted by molar-refractivity contribution is 7.89. The van der Waals surface area contributed by atoms with Crippen molar-refractivity contribution in [1.82, 2.24) is 20.2 Å². The maximum absolute atomic E-state index is 12.3. The number of nitrogens with one attached hydrogen (secondary N) is 3. The van der Waals surface area contributed by atoms with E-state index in [0.717, 1.165) is 6.20 Å². The van der Waals surface area contributed by atoms with Gasteiger partial charge in [0.05, 0.1) is 12.8 Å². The molecule has 9 nitrogen and oxygen atoms in total. The van der Waals surface area contributed by atoms with Gasteiger partial charge in [-0.1, -0.05) is 0 Å². The number of rotatable bonds is 5. The molecule has 0 aliphatic carbocycles. The smallest absolute Gasteiger partial charge is 0.342 e. The van der Waals surface area contributed by atoms with Gasteiger partial charge in [-0.2, -0.15) is 5.10 Å². The highest BCUT2D eigenvalue weighted by Crippen LogP contribution is 2.15. The average molecular weight is 316 g/mol. The molecule has 1 atom stereocenters. The predicted molar refractivity (Wildman–Crippen MR) is 70.9 cm³/mol. The van der Waals surface area contributed by atoms with Gasteiger partial charge in [0.2, 0.25) is 5.91 Å². The lowest BCUT2D eigenvalue weighted by Crippen LogP contribution is -2.47. The van der Waals surface area contributed by atoms with Crippen molar-refractivity contribution in [3.05, 3.63) is 11.8 Å². The predicted octanol–water partition coefficient (Wildman–Crippen LogP) is -0.857. The molecule has 1 fully saturated rings. The largest absolute Gasteiger partial charge is 0.462 e. The summed E-state index contributed by atoms with van der Waals surface area (Å²) in [5, 5.41) is 8.12. The van der Waals surface area contributed by atoms with Crippen LogP contribution in [-0.4, -0.2) is 49.7 Å². The van der Waals surface area contributed by atoms with Crippen molar-refractivity contribution in [3.63, 3.8) is 0 Å². The number of aromatic amines is 1. The molecule has 1 amide bonds. The number of carbonyl (C=O) groups excluding carboxylic acids is 2. The molecule has 0 bridgehead atoms. The van der Waals surface area contributed by atoms with Gasteiger partial charge < -0.3 is 10.1 Å². The number of carbonyl (C=O) groups is 2. The summed E-state index contributed by atoms with van der Waals surface area (Å²) in [7, 11) is -3.95. The van der Waals surface area contributed by atoms with Crippen molar-refractivity contribution in [2.75, 3.05) is 13.2 Å². The molecule has 1 aliphatic heterocycles. The second-order valence-electron chi connectivity index (χ2n) is 4.49. The van der Waals surface area contributed by atoms with E-state index in [0.29, 0.717) is 6.42 Å². The third kappa shape index (κ3) is 3.58. The summed E-state index contributed by atoms with van der Waals surface area (Å²) >= 11 is 0. The standard InChI is InChI=1S/C11H16N4O5S/c1-2-20-11(17)8-6-13-14-10(8)21(18,19)15-7-3-4-9(16)12-5-7/h6-7,15H,2-5H2,1H3,(H,12,16)(H,13,14). The lowest BCUT2D eigenvalue weighted by Gasteiger charge is -2.23. The Bertz CT molecular complexity index is 629. The van der Waals surface area contributed by atoms with Gasteiger partial charge >= 0.3 is 5.97 Å². The number of esters is 1. The van der Waals surface area contributed by atoms with Gasteiger partial charge in [-0.25, -0.2) is 17.9 Å². The summed E-state index contributed by atoms with van der Waals surface area (Å²) in [5.41, 5.74) is -0.149. The van der Waals surface area contributed by atoms with Crippen LogP contribution in [0.4, 0.5) is 0 Å². The zero-order chi connectivity index (χ0) is 15.5. The molecule has 3 N–H and O–H groups in total. The number of nitrogens with zero attached hydrogens (tertiary/aromatic N) is 1. The van der Waals surface area contributed by atoms with E-state index in [1.807, 2.05) is 0 Å².